The molecule has 25 heavy (non-hydrogen) atoms. The fraction of sp³-hybridized carbons (Fsp3) is 0.250. The van der Waals surface area contributed by atoms with E-state index >= 15 is 0 Å². The summed E-state index contributed by atoms with van der Waals surface area (Å²) in [4.78, 5) is 0.126. The van der Waals surface area contributed by atoms with Crippen LogP contribution in [0, 0.1) is 0 Å². The molecule has 1 saturated heterocycles. The van der Waals surface area contributed by atoms with Gasteiger partial charge in [-0.1, -0.05) is 18.2 Å². The van der Waals surface area contributed by atoms with Crippen LogP contribution in [0.1, 0.15) is 6.42 Å². The summed E-state index contributed by atoms with van der Waals surface area (Å²) in [7, 11) is -5.73. The van der Waals surface area contributed by atoms with Crippen molar-refractivity contribution in [2.45, 2.75) is 11.3 Å². The molecule has 0 aromatic heterocycles. The highest BCUT2D eigenvalue weighted by Crippen LogP contribution is 2.35. The van der Waals surface area contributed by atoms with E-state index in [1.165, 1.54) is 35.7 Å². The highest BCUT2D eigenvalue weighted by molar-refractivity contribution is 7.93. The minimum absolute atomic E-state index is 0.0656. The number of nitrogens with zero attached hydrogens (tertiary/aromatic N) is 1. The fourth-order valence-corrected chi connectivity index (χ4v) is 5.31. The van der Waals surface area contributed by atoms with E-state index < -0.39 is 20.0 Å². The van der Waals surface area contributed by atoms with Crippen molar-refractivity contribution in [1.82, 2.24) is 0 Å². The summed E-state index contributed by atoms with van der Waals surface area (Å²) in [6.07, 6.45) is 0.519. The Balaban J connectivity index is 1.98. The van der Waals surface area contributed by atoms with Crippen LogP contribution in [0.15, 0.2) is 53.4 Å². The normalized spacial score (nSPS) is 16.6. The van der Waals surface area contributed by atoms with Crippen molar-refractivity contribution in [2.24, 2.45) is 0 Å². The van der Waals surface area contributed by atoms with Crippen molar-refractivity contribution in [3.63, 3.8) is 0 Å². The average molecular weight is 382 g/mol. The lowest BCUT2D eigenvalue weighted by molar-refractivity contribution is 0.415. The Kier molecular flexibility index (Phi) is 4.61. The molecule has 0 bridgehead atoms. The lowest BCUT2D eigenvalue weighted by atomic mass is 10.2. The predicted octanol–water partition coefficient (Wildman–Crippen LogP) is 2.04. The number of methoxy groups -OCH3 is 1. The number of rotatable bonds is 5. The zero-order valence-electron chi connectivity index (χ0n) is 13.5. The largest absolute Gasteiger partial charge is 0.495 e. The summed E-state index contributed by atoms with van der Waals surface area (Å²) in [5.41, 5.74) is 0.593. The maximum absolute atomic E-state index is 12.4. The molecule has 2 aromatic carbocycles. The standard InChI is InChI=1S/C16H18N2O5S2/c1-23-16-9-8-13(12-15(16)18-10-5-11-24(18,19)20)17-25(21,22)14-6-3-2-4-7-14/h2-4,6-9,12,17H,5,10-11H2,1H3. The van der Waals surface area contributed by atoms with Gasteiger partial charge in [0.2, 0.25) is 10.0 Å². The van der Waals surface area contributed by atoms with Crippen molar-refractivity contribution in [3.8, 4) is 5.75 Å². The number of sulfonamides is 2. The van der Waals surface area contributed by atoms with Crippen LogP contribution in [-0.2, 0) is 20.0 Å². The topological polar surface area (TPSA) is 92.8 Å². The van der Waals surface area contributed by atoms with E-state index in [1.54, 1.807) is 24.3 Å². The van der Waals surface area contributed by atoms with Gasteiger partial charge in [0.15, 0.2) is 0 Å². The van der Waals surface area contributed by atoms with Crippen LogP contribution in [0.4, 0.5) is 11.4 Å². The summed E-state index contributed by atoms with van der Waals surface area (Å²) in [5, 5.41) is 0. The van der Waals surface area contributed by atoms with Gasteiger partial charge < -0.3 is 4.74 Å². The molecular weight excluding hydrogens is 364 g/mol. The first-order chi connectivity index (χ1) is 11.8. The Morgan fingerprint density at radius 2 is 1.84 bits per heavy atom. The molecule has 2 aromatic rings. The molecule has 1 aliphatic rings. The molecule has 9 heteroatoms. The van der Waals surface area contributed by atoms with Crippen LogP contribution in [-0.4, -0.2) is 36.2 Å². The Hall–Kier alpha value is -2.26. The van der Waals surface area contributed by atoms with Crippen molar-refractivity contribution in [3.05, 3.63) is 48.5 Å². The smallest absolute Gasteiger partial charge is 0.261 e. The molecule has 0 radical (unpaired) electrons. The molecule has 7 nitrogen and oxygen atoms in total. The summed E-state index contributed by atoms with van der Waals surface area (Å²) in [5.74, 6) is 0.434. The molecule has 0 spiro atoms. The number of hydrogen-bond donors (Lipinski definition) is 1. The Morgan fingerprint density at radius 3 is 2.44 bits per heavy atom. The number of benzene rings is 2. The van der Waals surface area contributed by atoms with Gasteiger partial charge in [0.1, 0.15) is 5.75 Å². The van der Waals surface area contributed by atoms with Crippen LogP contribution >= 0.6 is 0 Å². The lowest BCUT2D eigenvalue weighted by Gasteiger charge is -2.21. The van der Waals surface area contributed by atoms with Crippen LogP contribution in [0.25, 0.3) is 0 Å². The maximum Gasteiger partial charge on any atom is 0.261 e. The summed E-state index contributed by atoms with van der Waals surface area (Å²) >= 11 is 0. The average Bonchev–Trinajstić information content (AvgIpc) is 2.94. The lowest BCUT2D eigenvalue weighted by Crippen LogP contribution is -2.25. The zero-order chi connectivity index (χ0) is 18.1. The van der Waals surface area contributed by atoms with E-state index in [1.807, 2.05) is 0 Å². The molecule has 0 saturated carbocycles. The molecule has 0 aliphatic carbocycles. The van der Waals surface area contributed by atoms with E-state index in [-0.39, 0.29) is 16.3 Å². The summed E-state index contributed by atoms with van der Waals surface area (Å²) in [6.45, 7) is 0.341. The highest BCUT2D eigenvalue weighted by atomic mass is 32.2. The molecule has 0 amide bonds. The molecular formula is C16H18N2O5S2. The molecule has 1 aliphatic heterocycles. The monoisotopic (exact) mass is 382 g/mol. The van der Waals surface area contributed by atoms with E-state index in [0.29, 0.717) is 24.4 Å². The molecule has 0 unspecified atom stereocenters. The predicted molar refractivity (Wildman–Crippen MR) is 96.0 cm³/mol. The third-order valence-electron chi connectivity index (χ3n) is 3.85. The molecule has 1 fully saturated rings. The maximum atomic E-state index is 12.4. The Bertz CT molecular complexity index is 973. The van der Waals surface area contributed by atoms with Gasteiger partial charge in [0, 0.05) is 6.54 Å². The van der Waals surface area contributed by atoms with Crippen LogP contribution in [0.5, 0.6) is 5.75 Å². The first-order valence-corrected chi connectivity index (χ1v) is 10.7. The van der Waals surface area contributed by atoms with Crippen molar-refractivity contribution < 1.29 is 21.6 Å². The van der Waals surface area contributed by atoms with Crippen molar-refractivity contribution in [2.75, 3.05) is 28.4 Å². The number of anilines is 2. The second-order valence-electron chi connectivity index (χ2n) is 5.55. The van der Waals surface area contributed by atoms with Crippen LogP contribution < -0.4 is 13.8 Å². The third kappa shape index (κ3) is 3.57. The highest BCUT2D eigenvalue weighted by Gasteiger charge is 2.31. The van der Waals surface area contributed by atoms with Crippen molar-refractivity contribution in [1.29, 1.82) is 0 Å². The van der Waals surface area contributed by atoms with Crippen LogP contribution in [0.3, 0.4) is 0 Å². The van der Waals surface area contributed by atoms with Crippen molar-refractivity contribution >= 4 is 31.4 Å². The van der Waals surface area contributed by atoms with Gasteiger partial charge in [0.25, 0.3) is 10.0 Å². The molecule has 134 valence electrons. The first kappa shape index (κ1) is 17.6. The molecule has 3 rings (SSSR count). The summed E-state index contributed by atoms with van der Waals surface area (Å²) < 4.78 is 58.2. The van der Waals surface area contributed by atoms with Gasteiger partial charge in [0.05, 0.1) is 29.1 Å². The minimum Gasteiger partial charge on any atom is -0.495 e. The third-order valence-corrected chi connectivity index (χ3v) is 7.11. The van der Waals surface area contributed by atoms with Gasteiger partial charge in [-0.2, -0.15) is 0 Å². The SMILES string of the molecule is COc1ccc(NS(=O)(=O)c2ccccc2)cc1N1CCCS1(=O)=O. The van der Waals surface area contributed by atoms with Gasteiger partial charge in [-0.3, -0.25) is 9.03 Å². The van der Waals surface area contributed by atoms with Gasteiger partial charge in [-0.25, -0.2) is 16.8 Å². The van der Waals surface area contributed by atoms with E-state index in [0.717, 1.165) is 0 Å². The fourth-order valence-electron chi connectivity index (χ4n) is 2.67. The quantitative estimate of drug-likeness (QED) is 0.854. The summed E-state index contributed by atoms with van der Waals surface area (Å²) in [6, 6.07) is 12.5. The second kappa shape index (κ2) is 6.57. The van der Waals surface area contributed by atoms with Gasteiger partial charge in [-0.15, -0.1) is 0 Å². The molecule has 1 N–H and O–H groups in total. The number of ether oxygens (including phenoxy) is 1. The first-order valence-electron chi connectivity index (χ1n) is 7.60. The number of nitrogens with one attached hydrogen (secondary N) is 1. The Morgan fingerprint density at radius 1 is 1.12 bits per heavy atom. The molecule has 1 heterocycles. The number of hydrogen-bond acceptors (Lipinski definition) is 5. The van der Waals surface area contributed by atoms with E-state index in [2.05, 4.69) is 4.72 Å². The van der Waals surface area contributed by atoms with Gasteiger partial charge in [-0.05, 0) is 36.8 Å². The molecule has 0 atom stereocenters. The Labute approximate surface area is 147 Å². The zero-order valence-corrected chi connectivity index (χ0v) is 15.2. The van der Waals surface area contributed by atoms with E-state index in [4.69, 9.17) is 4.74 Å². The van der Waals surface area contributed by atoms with Gasteiger partial charge >= 0.3 is 0 Å². The second-order valence-corrected chi connectivity index (χ2v) is 9.24. The van der Waals surface area contributed by atoms with Crippen LogP contribution in [0.2, 0.25) is 0 Å². The minimum atomic E-state index is -3.76. The van der Waals surface area contributed by atoms with E-state index in [9.17, 15) is 16.8 Å².